The van der Waals surface area contributed by atoms with Crippen LogP contribution in [0.25, 0.3) is 0 Å². The van der Waals surface area contributed by atoms with E-state index in [1.807, 2.05) is 43.3 Å². The number of carbonyl (C=O) groups is 3. The van der Waals surface area contributed by atoms with E-state index in [1.54, 1.807) is 12.1 Å². The lowest BCUT2D eigenvalue weighted by atomic mass is 9.98. The van der Waals surface area contributed by atoms with Gasteiger partial charge in [-0.2, -0.15) is 5.10 Å². The van der Waals surface area contributed by atoms with Crippen molar-refractivity contribution in [2.45, 2.75) is 12.5 Å². The van der Waals surface area contributed by atoms with Gasteiger partial charge in [0.2, 0.25) is 0 Å². The lowest BCUT2D eigenvalue weighted by Crippen LogP contribution is -2.26. The van der Waals surface area contributed by atoms with E-state index in [9.17, 15) is 18.8 Å². The van der Waals surface area contributed by atoms with Gasteiger partial charge in [-0.05, 0) is 47.2 Å². The van der Waals surface area contributed by atoms with E-state index in [0.717, 1.165) is 17.3 Å². The zero-order chi connectivity index (χ0) is 22.1. The van der Waals surface area contributed by atoms with Crippen molar-refractivity contribution in [1.29, 1.82) is 0 Å². The van der Waals surface area contributed by atoms with Crippen LogP contribution in [0, 0.1) is 5.82 Å². The highest BCUT2D eigenvalue weighted by Gasteiger charge is 2.34. The molecule has 0 radical (unpaired) electrons. The lowest BCUT2D eigenvalue weighted by Gasteiger charge is -2.22. The van der Waals surface area contributed by atoms with E-state index in [0.29, 0.717) is 29.5 Å². The standard InChI is InChI=1S/C22H19FN4O3S/c1-26(2)16-9-5-14(6-10-16)18-11-17(13-3-7-15(23)8-4-13)25-27(18)20(28)12-19-21(29)24-22(30)31-19/h3-10,12,18H,11H2,1-2H3,(H,24,29,30)/b19-12-. The number of hydrogen-bond donors (Lipinski definition) is 1. The van der Waals surface area contributed by atoms with Crippen LogP contribution >= 0.6 is 11.8 Å². The molecule has 2 aromatic carbocycles. The first-order valence-corrected chi connectivity index (χ1v) is 10.3. The minimum atomic E-state index is -0.600. The third-order valence-corrected chi connectivity index (χ3v) is 5.82. The molecule has 3 amide bonds. The van der Waals surface area contributed by atoms with Crippen molar-refractivity contribution in [3.8, 4) is 0 Å². The molecular weight excluding hydrogens is 419 g/mol. The number of imide groups is 1. The molecule has 0 spiro atoms. The number of hydrogen-bond acceptors (Lipinski definition) is 6. The molecule has 1 atom stereocenters. The molecule has 31 heavy (non-hydrogen) atoms. The molecule has 0 aromatic heterocycles. The van der Waals surface area contributed by atoms with Crippen LogP contribution in [-0.2, 0) is 9.59 Å². The number of nitrogens with zero attached hydrogens (tertiary/aromatic N) is 3. The van der Waals surface area contributed by atoms with Crippen molar-refractivity contribution in [2.75, 3.05) is 19.0 Å². The van der Waals surface area contributed by atoms with Gasteiger partial charge in [-0.15, -0.1) is 0 Å². The van der Waals surface area contributed by atoms with Crippen LogP contribution in [0.15, 0.2) is 64.6 Å². The monoisotopic (exact) mass is 438 g/mol. The van der Waals surface area contributed by atoms with Crippen molar-refractivity contribution in [3.05, 3.63) is 76.5 Å². The maximum Gasteiger partial charge on any atom is 0.290 e. The topological polar surface area (TPSA) is 82.1 Å². The average molecular weight is 438 g/mol. The third kappa shape index (κ3) is 4.36. The Morgan fingerprint density at radius 2 is 1.84 bits per heavy atom. The number of benzene rings is 2. The molecule has 2 aromatic rings. The van der Waals surface area contributed by atoms with Gasteiger partial charge in [0.15, 0.2) is 0 Å². The summed E-state index contributed by atoms with van der Waals surface area (Å²) in [5.41, 5.74) is 3.23. The second-order valence-corrected chi connectivity index (χ2v) is 8.31. The Hall–Kier alpha value is -3.46. The third-order valence-electron chi connectivity index (χ3n) is 5.00. The second-order valence-electron chi connectivity index (χ2n) is 7.29. The quantitative estimate of drug-likeness (QED) is 0.740. The average Bonchev–Trinajstić information content (AvgIpc) is 3.32. The SMILES string of the molecule is CN(C)c1ccc(C2CC(c3ccc(F)cc3)=NN2C(=O)/C=C2\SC(=O)NC2=O)cc1. The predicted octanol–water partition coefficient (Wildman–Crippen LogP) is 3.44. The molecule has 1 saturated heterocycles. The summed E-state index contributed by atoms with van der Waals surface area (Å²) in [6.45, 7) is 0. The summed E-state index contributed by atoms with van der Waals surface area (Å²) in [4.78, 5) is 38.3. The molecular formula is C22H19FN4O3S. The molecule has 2 aliphatic heterocycles. The molecule has 1 unspecified atom stereocenters. The molecule has 7 nitrogen and oxygen atoms in total. The fourth-order valence-corrected chi connectivity index (χ4v) is 4.03. The van der Waals surface area contributed by atoms with E-state index in [2.05, 4.69) is 10.4 Å². The maximum atomic E-state index is 13.3. The first kappa shape index (κ1) is 20.8. The number of amides is 3. The largest absolute Gasteiger partial charge is 0.378 e. The van der Waals surface area contributed by atoms with Gasteiger partial charge in [-0.1, -0.05) is 24.3 Å². The van der Waals surface area contributed by atoms with Crippen LogP contribution in [0.3, 0.4) is 0 Å². The van der Waals surface area contributed by atoms with Gasteiger partial charge in [0.05, 0.1) is 16.7 Å². The van der Waals surface area contributed by atoms with Crippen molar-refractivity contribution in [1.82, 2.24) is 10.3 Å². The summed E-state index contributed by atoms with van der Waals surface area (Å²) < 4.78 is 13.3. The smallest absolute Gasteiger partial charge is 0.290 e. The molecule has 158 valence electrons. The van der Waals surface area contributed by atoms with Gasteiger partial charge >= 0.3 is 0 Å². The zero-order valence-corrected chi connectivity index (χ0v) is 17.6. The summed E-state index contributed by atoms with van der Waals surface area (Å²) in [6, 6.07) is 13.3. The molecule has 2 heterocycles. The highest BCUT2D eigenvalue weighted by atomic mass is 32.2. The summed E-state index contributed by atoms with van der Waals surface area (Å²) in [7, 11) is 3.88. The fraction of sp³-hybridized carbons (Fsp3) is 0.182. The maximum absolute atomic E-state index is 13.3. The minimum absolute atomic E-state index is 0.0298. The predicted molar refractivity (Wildman–Crippen MR) is 117 cm³/mol. The summed E-state index contributed by atoms with van der Waals surface area (Å²) >= 11 is 0.680. The Morgan fingerprint density at radius 1 is 1.16 bits per heavy atom. The van der Waals surface area contributed by atoms with Gasteiger partial charge in [0.25, 0.3) is 17.1 Å². The van der Waals surface area contributed by atoms with Crippen molar-refractivity contribution < 1.29 is 18.8 Å². The highest BCUT2D eigenvalue weighted by Crippen LogP contribution is 2.34. The minimum Gasteiger partial charge on any atom is -0.378 e. The molecule has 2 aliphatic rings. The Bertz CT molecular complexity index is 1110. The van der Waals surface area contributed by atoms with Gasteiger partial charge in [-0.25, -0.2) is 9.40 Å². The first-order chi connectivity index (χ1) is 14.8. The van der Waals surface area contributed by atoms with Gasteiger partial charge in [0.1, 0.15) is 5.82 Å². The summed E-state index contributed by atoms with van der Waals surface area (Å²) in [6.07, 6.45) is 1.56. The molecule has 1 N–H and O–H groups in total. The molecule has 9 heteroatoms. The van der Waals surface area contributed by atoms with E-state index < -0.39 is 23.1 Å². The Labute approximate surface area is 182 Å². The van der Waals surface area contributed by atoms with Gasteiger partial charge in [-0.3, -0.25) is 19.7 Å². The van der Waals surface area contributed by atoms with Crippen LogP contribution in [-0.4, -0.2) is 41.9 Å². The number of hydrazone groups is 1. The Balaban J connectivity index is 1.68. The lowest BCUT2D eigenvalue weighted by molar-refractivity contribution is -0.128. The molecule has 1 fully saturated rings. The normalized spacial score (nSPS) is 19.6. The number of rotatable bonds is 4. The van der Waals surface area contributed by atoms with Crippen molar-refractivity contribution in [3.63, 3.8) is 0 Å². The molecule has 0 saturated carbocycles. The van der Waals surface area contributed by atoms with E-state index in [1.165, 1.54) is 17.1 Å². The Kier molecular flexibility index (Phi) is 5.60. The number of thioether (sulfide) groups is 1. The summed E-state index contributed by atoms with van der Waals surface area (Å²) in [5.74, 6) is -1.46. The van der Waals surface area contributed by atoms with Crippen molar-refractivity contribution >= 4 is 40.2 Å². The molecule has 4 rings (SSSR count). The first-order valence-electron chi connectivity index (χ1n) is 9.50. The van der Waals surface area contributed by atoms with Crippen LogP contribution in [0.2, 0.25) is 0 Å². The van der Waals surface area contributed by atoms with Gasteiger partial charge in [0, 0.05) is 32.3 Å². The van der Waals surface area contributed by atoms with Crippen LogP contribution in [0.4, 0.5) is 14.9 Å². The van der Waals surface area contributed by atoms with E-state index >= 15 is 0 Å². The number of anilines is 1. The van der Waals surface area contributed by atoms with Crippen molar-refractivity contribution in [2.24, 2.45) is 5.10 Å². The highest BCUT2D eigenvalue weighted by molar-refractivity contribution is 8.18. The van der Waals surface area contributed by atoms with Gasteiger partial charge < -0.3 is 4.90 Å². The Morgan fingerprint density at radius 3 is 2.42 bits per heavy atom. The number of halogens is 1. The van der Waals surface area contributed by atoms with Crippen LogP contribution in [0.5, 0.6) is 0 Å². The molecule has 0 aliphatic carbocycles. The number of nitrogens with one attached hydrogen (secondary N) is 1. The van der Waals surface area contributed by atoms with Crippen LogP contribution < -0.4 is 10.2 Å². The fourth-order valence-electron chi connectivity index (χ4n) is 3.38. The van der Waals surface area contributed by atoms with E-state index in [4.69, 9.17) is 0 Å². The zero-order valence-electron chi connectivity index (χ0n) is 16.8. The van der Waals surface area contributed by atoms with Crippen LogP contribution in [0.1, 0.15) is 23.6 Å². The summed E-state index contributed by atoms with van der Waals surface area (Å²) in [5, 5.41) is 7.41. The number of carbonyl (C=O) groups excluding carboxylic acids is 3. The second kappa shape index (κ2) is 8.35. The molecule has 0 bridgehead atoms. The van der Waals surface area contributed by atoms with E-state index in [-0.39, 0.29) is 10.7 Å².